The van der Waals surface area contributed by atoms with Crippen molar-refractivity contribution in [3.8, 4) is 5.69 Å². The van der Waals surface area contributed by atoms with E-state index in [1.54, 1.807) is 6.20 Å². The summed E-state index contributed by atoms with van der Waals surface area (Å²) in [6.07, 6.45) is 1.69. The second-order valence-corrected chi connectivity index (χ2v) is 7.98. The number of anilines is 1. The smallest absolute Gasteiger partial charge is 0.257 e. The van der Waals surface area contributed by atoms with E-state index in [1.165, 1.54) is 10.9 Å². The maximum Gasteiger partial charge on any atom is 0.257 e. The summed E-state index contributed by atoms with van der Waals surface area (Å²) in [6, 6.07) is 20.3. The van der Waals surface area contributed by atoms with Crippen LogP contribution in [0.3, 0.4) is 0 Å². The Morgan fingerprint density at radius 1 is 0.903 bits per heavy atom. The van der Waals surface area contributed by atoms with Crippen LogP contribution in [-0.4, -0.2) is 51.8 Å². The molecule has 1 fully saturated rings. The molecule has 6 nitrogen and oxygen atoms in total. The molecule has 2 aromatic heterocycles. The van der Waals surface area contributed by atoms with Gasteiger partial charge in [0.25, 0.3) is 5.91 Å². The van der Waals surface area contributed by atoms with Crippen molar-refractivity contribution in [2.24, 2.45) is 0 Å². The fourth-order valence-corrected chi connectivity index (χ4v) is 4.25. The predicted molar refractivity (Wildman–Crippen MR) is 123 cm³/mol. The van der Waals surface area contributed by atoms with Crippen molar-refractivity contribution >= 4 is 22.6 Å². The van der Waals surface area contributed by atoms with E-state index in [1.807, 2.05) is 59.0 Å². The van der Waals surface area contributed by atoms with Crippen molar-refractivity contribution in [1.82, 2.24) is 19.7 Å². The van der Waals surface area contributed by atoms with Crippen LogP contribution in [0.4, 0.5) is 5.82 Å². The lowest BCUT2D eigenvalue weighted by atomic mass is 10.1. The van der Waals surface area contributed by atoms with Crippen molar-refractivity contribution < 1.29 is 4.79 Å². The highest BCUT2D eigenvalue weighted by molar-refractivity contribution is 5.95. The number of para-hydroxylation sites is 2. The minimum absolute atomic E-state index is 0.0435. The number of fused-ring (bicyclic) bond motifs is 1. The Hall–Kier alpha value is -3.67. The highest BCUT2D eigenvalue weighted by atomic mass is 16.2. The molecule has 4 aromatic rings. The molecule has 0 N–H and O–H groups in total. The predicted octanol–water partition coefficient (Wildman–Crippen LogP) is 4.00. The number of carbonyl (C=O) groups is 1. The van der Waals surface area contributed by atoms with Gasteiger partial charge in [0, 0.05) is 31.6 Å². The minimum atomic E-state index is 0.0435. The molecule has 6 heteroatoms. The molecule has 0 saturated carbocycles. The molecule has 156 valence electrons. The first-order valence-electron chi connectivity index (χ1n) is 10.6. The Morgan fingerprint density at radius 3 is 2.39 bits per heavy atom. The zero-order valence-corrected chi connectivity index (χ0v) is 17.8. The topological polar surface area (TPSA) is 54.3 Å². The SMILES string of the molecule is Cc1cc(N2CCN(C(=O)c3cnn(-c4ccccc4)c3C)CC2)nc2ccccc12. The van der Waals surface area contributed by atoms with Gasteiger partial charge < -0.3 is 9.80 Å². The van der Waals surface area contributed by atoms with Gasteiger partial charge in [-0.3, -0.25) is 4.79 Å². The summed E-state index contributed by atoms with van der Waals surface area (Å²) in [5.74, 6) is 1.03. The summed E-state index contributed by atoms with van der Waals surface area (Å²) in [5.41, 5.74) is 4.73. The molecule has 3 heterocycles. The summed E-state index contributed by atoms with van der Waals surface area (Å²) in [7, 11) is 0. The van der Waals surface area contributed by atoms with Crippen molar-refractivity contribution in [2.75, 3.05) is 31.1 Å². The van der Waals surface area contributed by atoms with Gasteiger partial charge in [-0.2, -0.15) is 5.10 Å². The third kappa shape index (κ3) is 3.54. The molecular weight excluding hydrogens is 386 g/mol. The average Bonchev–Trinajstić information content (AvgIpc) is 3.20. The molecule has 0 radical (unpaired) electrons. The van der Waals surface area contributed by atoms with Gasteiger partial charge in [-0.25, -0.2) is 9.67 Å². The Morgan fingerprint density at radius 2 is 1.61 bits per heavy atom. The van der Waals surface area contributed by atoms with Crippen molar-refractivity contribution in [2.45, 2.75) is 13.8 Å². The number of pyridine rings is 1. The van der Waals surface area contributed by atoms with Crippen LogP contribution in [0.15, 0.2) is 66.9 Å². The van der Waals surface area contributed by atoms with E-state index in [-0.39, 0.29) is 5.91 Å². The first-order chi connectivity index (χ1) is 15.1. The number of aryl methyl sites for hydroxylation is 1. The summed E-state index contributed by atoms with van der Waals surface area (Å²) < 4.78 is 1.82. The number of hydrogen-bond acceptors (Lipinski definition) is 4. The van der Waals surface area contributed by atoms with Crippen molar-refractivity contribution in [3.05, 3.63) is 83.7 Å². The molecule has 1 aliphatic rings. The fraction of sp³-hybridized carbons (Fsp3) is 0.240. The molecule has 1 aliphatic heterocycles. The van der Waals surface area contributed by atoms with Crippen LogP contribution < -0.4 is 4.90 Å². The Balaban J connectivity index is 1.31. The number of carbonyl (C=O) groups excluding carboxylic acids is 1. The van der Waals surface area contributed by atoms with Gasteiger partial charge in [0.15, 0.2) is 0 Å². The van der Waals surface area contributed by atoms with E-state index in [2.05, 4.69) is 35.1 Å². The van der Waals surface area contributed by atoms with E-state index in [0.717, 1.165) is 35.8 Å². The van der Waals surface area contributed by atoms with Gasteiger partial charge in [-0.1, -0.05) is 36.4 Å². The van der Waals surface area contributed by atoms with Gasteiger partial charge in [-0.05, 0) is 43.7 Å². The van der Waals surface area contributed by atoms with Gasteiger partial charge in [0.2, 0.25) is 0 Å². The lowest BCUT2D eigenvalue weighted by Gasteiger charge is -2.35. The Labute approximate surface area is 181 Å². The Kier molecular flexibility index (Phi) is 4.90. The van der Waals surface area contributed by atoms with E-state index in [0.29, 0.717) is 18.7 Å². The molecule has 5 rings (SSSR count). The third-order valence-electron chi connectivity index (χ3n) is 6.04. The number of rotatable bonds is 3. The lowest BCUT2D eigenvalue weighted by molar-refractivity contribution is 0.0745. The van der Waals surface area contributed by atoms with Crippen molar-refractivity contribution in [3.63, 3.8) is 0 Å². The summed E-state index contributed by atoms with van der Waals surface area (Å²) >= 11 is 0. The normalized spacial score (nSPS) is 14.3. The van der Waals surface area contributed by atoms with Crippen LogP contribution >= 0.6 is 0 Å². The highest BCUT2D eigenvalue weighted by Crippen LogP contribution is 2.24. The largest absolute Gasteiger partial charge is 0.353 e. The van der Waals surface area contributed by atoms with E-state index < -0.39 is 0 Å². The summed E-state index contributed by atoms with van der Waals surface area (Å²) in [5, 5.41) is 5.64. The number of amides is 1. The third-order valence-corrected chi connectivity index (χ3v) is 6.04. The van der Waals surface area contributed by atoms with Gasteiger partial charge >= 0.3 is 0 Å². The average molecular weight is 412 g/mol. The fourth-order valence-electron chi connectivity index (χ4n) is 4.25. The number of benzene rings is 2. The van der Waals surface area contributed by atoms with Gasteiger partial charge in [-0.15, -0.1) is 0 Å². The monoisotopic (exact) mass is 411 g/mol. The van der Waals surface area contributed by atoms with Crippen LogP contribution in [-0.2, 0) is 0 Å². The quantitative estimate of drug-likeness (QED) is 0.511. The van der Waals surface area contributed by atoms with E-state index in [9.17, 15) is 4.79 Å². The number of hydrogen-bond donors (Lipinski definition) is 0. The molecule has 0 atom stereocenters. The first kappa shape index (κ1) is 19.3. The number of piperazine rings is 1. The summed E-state index contributed by atoms with van der Waals surface area (Å²) in [6.45, 7) is 6.95. The molecule has 1 amide bonds. The second-order valence-electron chi connectivity index (χ2n) is 7.98. The summed E-state index contributed by atoms with van der Waals surface area (Å²) in [4.78, 5) is 22.2. The molecule has 0 aliphatic carbocycles. The molecule has 31 heavy (non-hydrogen) atoms. The molecule has 0 bridgehead atoms. The maximum atomic E-state index is 13.2. The first-order valence-corrected chi connectivity index (χ1v) is 10.6. The second kappa shape index (κ2) is 7.87. The zero-order valence-electron chi connectivity index (χ0n) is 17.8. The standard InChI is InChI=1S/C25H25N5O/c1-18-16-24(27-23-11-7-6-10-21(18)23)28-12-14-29(15-13-28)25(31)22-17-26-30(19(22)2)20-8-4-3-5-9-20/h3-11,16-17H,12-15H2,1-2H3. The molecule has 1 saturated heterocycles. The number of nitrogens with zero attached hydrogens (tertiary/aromatic N) is 5. The molecule has 0 spiro atoms. The Bertz CT molecular complexity index is 1240. The van der Waals surface area contributed by atoms with Crippen LogP contribution in [0, 0.1) is 13.8 Å². The highest BCUT2D eigenvalue weighted by Gasteiger charge is 2.26. The maximum absolute atomic E-state index is 13.2. The van der Waals surface area contributed by atoms with Crippen LogP contribution in [0.5, 0.6) is 0 Å². The van der Waals surface area contributed by atoms with Crippen LogP contribution in [0.25, 0.3) is 16.6 Å². The van der Waals surface area contributed by atoms with E-state index in [4.69, 9.17) is 4.98 Å². The number of aromatic nitrogens is 3. The molecule has 2 aromatic carbocycles. The zero-order chi connectivity index (χ0) is 21.4. The van der Waals surface area contributed by atoms with Gasteiger partial charge in [0.05, 0.1) is 28.7 Å². The van der Waals surface area contributed by atoms with Crippen molar-refractivity contribution in [1.29, 1.82) is 0 Å². The van der Waals surface area contributed by atoms with Crippen LogP contribution in [0.2, 0.25) is 0 Å². The minimum Gasteiger partial charge on any atom is -0.353 e. The molecular formula is C25H25N5O. The van der Waals surface area contributed by atoms with E-state index >= 15 is 0 Å². The van der Waals surface area contributed by atoms with Crippen LogP contribution in [0.1, 0.15) is 21.6 Å². The lowest BCUT2D eigenvalue weighted by Crippen LogP contribution is -2.49. The van der Waals surface area contributed by atoms with Gasteiger partial charge in [0.1, 0.15) is 5.82 Å². The molecule has 0 unspecified atom stereocenters.